The van der Waals surface area contributed by atoms with Gasteiger partial charge in [-0.2, -0.15) is 0 Å². The minimum absolute atomic E-state index is 0.444. The van der Waals surface area contributed by atoms with Crippen molar-refractivity contribution in [3.8, 4) is 0 Å². The molecule has 2 rings (SSSR count). The van der Waals surface area contributed by atoms with Crippen LogP contribution in [0, 0.1) is 5.92 Å². The van der Waals surface area contributed by atoms with Crippen LogP contribution in [0.5, 0.6) is 0 Å². The largest absolute Gasteiger partial charge is 0.461 e. The van der Waals surface area contributed by atoms with E-state index in [4.69, 9.17) is 4.42 Å². The molecule has 86 valence electrons. The molecule has 2 heteroatoms. The molecule has 0 aliphatic heterocycles. The molecule has 0 saturated heterocycles. The topological polar surface area (TPSA) is 25.2 Å². The summed E-state index contributed by atoms with van der Waals surface area (Å²) in [5.41, 5.74) is 0.987. The molecule has 2 nitrogen and oxygen atoms in total. The van der Waals surface area contributed by atoms with Crippen molar-refractivity contribution >= 4 is 11.0 Å². The molecule has 16 heavy (non-hydrogen) atoms. The second kappa shape index (κ2) is 4.71. The highest BCUT2D eigenvalue weighted by Gasteiger charge is 2.17. The van der Waals surface area contributed by atoms with Crippen LogP contribution in [0.15, 0.2) is 34.7 Å². The first-order valence-corrected chi connectivity index (χ1v) is 5.85. The van der Waals surface area contributed by atoms with Gasteiger partial charge in [0.1, 0.15) is 11.3 Å². The van der Waals surface area contributed by atoms with Crippen molar-refractivity contribution < 1.29 is 4.42 Å². The molecule has 1 N–H and O–H groups in total. The molecular weight excluding hydrogens is 198 g/mol. The second-order valence-corrected chi connectivity index (χ2v) is 4.51. The van der Waals surface area contributed by atoms with Crippen LogP contribution < -0.4 is 5.32 Å². The van der Waals surface area contributed by atoms with E-state index in [1.165, 1.54) is 5.39 Å². The zero-order chi connectivity index (χ0) is 11.5. The van der Waals surface area contributed by atoms with Gasteiger partial charge in [-0.1, -0.05) is 32.0 Å². The number of hydrogen-bond donors (Lipinski definition) is 1. The summed E-state index contributed by atoms with van der Waals surface area (Å²) in [6, 6.07) is 10.3. The first kappa shape index (κ1) is 11.2. The van der Waals surface area contributed by atoms with E-state index >= 15 is 0 Å². The molecule has 1 aromatic carbocycles. The maximum Gasteiger partial charge on any atom is 0.134 e. The van der Waals surface area contributed by atoms with Gasteiger partial charge < -0.3 is 9.73 Å². The molecule has 1 aromatic heterocycles. The van der Waals surface area contributed by atoms with E-state index in [-0.39, 0.29) is 0 Å². The number of nitrogens with one attached hydrogen (secondary N) is 1. The number of benzene rings is 1. The van der Waals surface area contributed by atoms with Crippen LogP contribution in [-0.2, 0) is 0 Å². The maximum atomic E-state index is 5.87. The van der Waals surface area contributed by atoms with Crippen LogP contribution in [0.2, 0.25) is 0 Å². The minimum Gasteiger partial charge on any atom is -0.461 e. The van der Waals surface area contributed by atoms with Crippen LogP contribution >= 0.6 is 0 Å². The third-order valence-corrected chi connectivity index (χ3v) is 3.27. The van der Waals surface area contributed by atoms with Crippen LogP contribution in [0.4, 0.5) is 0 Å². The monoisotopic (exact) mass is 217 g/mol. The Labute approximate surface area is 96.6 Å². The Hall–Kier alpha value is -1.28. The van der Waals surface area contributed by atoms with E-state index in [0.29, 0.717) is 11.8 Å². The molecule has 2 unspecified atom stereocenters. The van der Waals surface area contributed by atoms with Crippen molar-refractivity contribution in [1.29, 1.82) is 0 Å². The average molecular weight is 217 g/mol. The van der Waals surface area contributed by atoms with Crippen molar-refractivity contribution in [2.24, 2.45) is 5.92 Å². The molecule has 0 bridgehead atoms. The molecule has 0 saturated carbocycles. The van der Waals surface area contributed by atoms with Gasteiger partial charge in [0.05, 0.1) is 0 Å². The summed E-state index contributed by atoms with van der Waals surface area (Å²) in [5, 5.41) is 4.41. The van der Waals surface area contributed by atoms with Gasteiger partial charge in [-0.25, -0.2) is 0 Å². The molecule has 1 heterocycles. The van der Waals surface area contributed by atoms with Gasteiger partial charge in [0.2, 0.25) is 0 Å². The van der Waals surface area contributed by atoms with Gasteiger partial charge in [0, 0.05) is 11.3 Å². The van der Waals surface area contributed by atoms with Crippen LogP contribution in [-0.4, -0.2) is 13.6 Å². The number of hydrogen-bond acceptors (Lipinski definition) is 2. The van der Waals surface area contributed by atoms with Gasteiger partial charge in [-0.3, -0.25) is 0 Å². The third kappa shape index (κ3) is 2.12. The Balaban J connectivity index is 2.26. The zero-order valence-electron chi connectivity index (χ0n) is 10.2. The zero-order valence-corrected chi connectivity index (χ0v) is 10.2. The van der Waals surface area contributed by atoms with Crippen molar-refractivity contribution in [3.05, 3.63) is 36.1 Å². The molecule has 0 amide bonds. The van der Waals surface area contributed by atoms with Gasteiger partial charge >= 0.3 is 0 Å². The highest BCUT2D eigenvalue weighted by atomic mass is 16.3. The summed E-state index contributed by atoms with van der Waals surface area (Å²) in [5.74, 6) is 2.11. The van der Waals surface area contributed by atoms with E-state index < -0.39 is 0 Å². The Kier molecular flexibility index (Phi) is 3.30. The fourth-order valence-corrected chi connectivity index (χ4v) is 2.01. The lowest BCUT2D eigenvalue weighted by molar-refractivity contribution is 0.400. The number of fused-ring (bicyclic) bond motifs is 1. The van der Waals surface area contributed by atoms with Gasteiger partial charge in [0.15, 0.2) is 0 Å². The molecular formula is C14H19NO. The van der Waals surface area contributed by atoms with Crippen molar-refractivity contribution in [2.75, 3.05) is 13.6 Å². The van der Waals surface area contributed by atoms with Crippen LogP contribution in [0.1, 0.15) is 25.5 Å². The van der Waals surface area contributed by atoms with Crippen LogP contribution in [0.25, 0.3) is 11.0 Å². The van der Waals surface area contributed by atoms with Crippen molar-refractivity contribution in [1.82, 2.24) is 5.32 Å². The summed E-state index contributed by atoms with van der Waals surface area (Å²) in [6.07, 6.45) is 0. The normalized spacial score (nSPS) is 15.2. The summed E-state index contributed by atoms with van der Waals surface area (Å²) in [6.45, 7) is 5.48. The molecule has 0 fully saturated rings. The van der Waals surface area contributed by atoms with Crippen LogP contribution in [0.3, 0.4) is 0 Å². The van der Waals surface area contributed by atoms with Crippen molar-refractivity contribution in [3.63, 3.8) is 0 Å². The summed E-state index contributed by atoms with van der Waals surface area (Å²) >= 11 is 0. The Morgan fingerprint density at radius 1 is 1.25 bits per heavy atom. The highest BCUT2D eigenvalue weighted by molar-refractivity contribution is 5.77. The van der Waals surface area contributed by atoms with E-state index in [1.807, 2.05) is 25.2 Å². The number of furan rings is 1. The first-order chi connectivity index (χ1) is 7.72. The van der Waals surface area contributed by atoms with Gasteiger partial charge in [0.25, 0.3) is 0 Å². The smallest absolute Gasteiger partial charge is 0.134 e. The highest BCUT2D eigenvalue weighted by Crippen LogP contribution is 2.29. The van der Waals surface area contributed by atoms with Crippen molar-refractivity contribution in [2.45, 2.75) is 19.8 Å². The Bertz CT molecular complexity index is 427. The fourth-order valence-electron chi connectivity index (χ4n) is 2.01. The quantitative estimate of drug-likeness (QED) is 0.849. The second-order valence-electron chi connectivity index (χ2n) is 4.51. The lowest BCUT2D eigenvalue weighted by Crippen LogP contribution is -2.20. The molecule has 0 spiro atoms. The molecule has 0 aliphatic carbocycles. The van der Waals surface area contributed by atoms with E-state index in [2.05, 4.69) is 31.3 Å². The predicted octanol–water partition coefficient (Wildman–Crippen LogP) is 3.39. The summed E-state index contributed by atoms with van der Waals surface area (Å²) in [7, 11) is 1.99. The summed E-state index contributed by atoms with van der Waals surface area (Å²) in [4.78, 5) is 0. The minimum atomic E-state index is 0.444. The SMILES string of the molecule is CNCC(C)C(C)c1cc2ccccc2o1. The summed E-state index contributed by atoms with van der Waals surface area (Å²) < 4.78 is 5.87. The lowest BCUT2D eigenvalue weighted by Gasteiger charge is -2.16. The van der Waals surface area contributed by atoms with E-state index in [0.717, 1.165) is 17.9 Å². The third-order valence-electron chi connectivity index (χ3n) is 3.27. The lowest BCUT2D eigenvalue weighted by atomic mass is 9.93. The van der Waals surface area contributed by atoms with E-state index in [9.17, 15) is 0 Å². The Morgan fingerprint density at radius 3 is 2.69 bits per heavy atom. The Morgan fingerprint density at radius 2 is 2.00 bits per heavy atom. The first-order valence-electron chi connectivity index (χ1n) is 5.85. The number of rotatable bonds is 4. The number of para-hydroxylation sites is 1. The standard InChI is InChI=1S/C14H19NO/c1-10(9-15-3)11(2)14-8-12-6-4-5-7-13(12)16-14/h4-8,10-11,15H,9H2,1-3H3. The molecule has 2 atom stereocenters. The maximum absolute atomic E-state index is 5.87. The van der Waals surface area contributed by atoms with Gasteiger partial charge in [-0.05, 0) is 31.6 Å². The van der Waals surface area contributed by atoms with Gasteiger partial charge in [-0.15, -0.1) is 0 Å². The average Bonchev–Trinajstić information content (AvgIpc) is 2.71. The fraction of sp³-hybridized carbons (Fsp3) is 0.429. The molecule has 2 aromatic rings. The predicted molar refractivity (Wildman–Crippen MR) is 67.7 cm³/mol. The van der Waals surface area contributed by atoms with E-state index in [1.54, 1.807) is 0 Å². The molecule has 0 radical (unpaired) electrons. The molecule has 0 aliphatic rings.